The molecule has 5 heteroatoms. The van der Waals surface area contributed by atoms with E-state index in [2.05, 4.69) is 12.2 Å². The van der Waals surface area contributed by atoms with E-state index in [0.29, 0.717) is 24.4 Å². The number of benzene rings is 2. The molecule has 0 radical (unpaired) electrons. The molecule has 0 fully saturated rings. The molecule has 3 rings (SSSR count). The smallest absolute Gasteiger partial charge is 0.265 e. The number of carbonyl (C=O) groups is 2. The van der Waals surface area contributed by atoms with E-state index in [-0.39, 0.29) is 18.4 Å². The van der Waals surface area contributed by atoms with Crippen LogP contribution in [0.1, 0.15) is 47.7 Å². The molecule has 0 bridgehead atoms. The average molecular weight is 366 g/mol. The minimum absolute atomic E-state index is 0.0354. The highest BCUT2D eigenvalue weighted by atomic mass is 16.5. The van der Waals surface area contributed by atoms with E-state index in [0.717, 1.165) is 36.1 Å². The quantitative estimate of drug-likeness (QED) is 0.758. The van der Waals surface area contributed by atoms with Crippen molar-refractivity contribution in [2.24, 2.45) is 0 Å². The maximum atomic E-state index is 12.4. The fourth-order valence-corrected chi connectivity index (χ4v) is 3.16. The van der Waals surface area contributed by atoms with Crippen LogP contribution in [0.4, 0.5) is 5.69 Å². The largest absolute Gasteiger partial charge is 0.482 e. The van der Waals surface area contributed by atoms with Gasteiger partial charge in [-0.25, -0.2) is 0 Å². The molecule has 0 spiro atoms. The van der Waals surface area contributed by atoms with Gasteiger partial charge in [0.1, 0.15) is 5.75 Å². The molecule has 0 saturated carbocycles. The topological polar surface area (TPSA) is 58.6 Å². The first kappa shape index (κ1) is 19.0. The lowest BCUT2D eigenvalue weighted by Gasteiger charge is -2.29. The van der Waals surface area contributed by atoms with Crippen LogP contribution >= 0.6 is 0 Å². The highest BCUT2D eigenvalue weighted by Crippen LogP contribution is 2.33. The average Bonchev–Trinajstić information content (AvgIpc) is 2.67. The van der Waals surface area contributed by atoms with Crippen molar-refractivity contribution in [2.45, 2.75) is 39.7 Å². The summed E-state index contributed by atoms with van der Waals surface area (Å²) >= 11 is 0. The van der Waals surface area contributed by atoms with Crippen molar-refractivity contribution in [3.8, 4) is 5.75 Å². The van der Waals surface area contributed by atoms with Gasteiger partial charge >= 0.3 is 0 Å². The Kier molecular flexibility index (Phi) is 6.12. The van der Waals surface area contributed by atoms with Crippen LogP contribution in [-0.4, -0.2) is 25.0 Å². The van der Waals surface area contributed by atoms with E-state index in [4.69, 9.17) is 4.74 Å². The zero-order valence-corrected chi connectivity index (χ0v) is 16.0. The highest BCUT2D eigenvalue weighted by molar-refractivity contribution is 5.98. The maximum Gasteiger partial charge on any atom is 0.265 e. The van der Waals surface area contributed by atoms with Gasteiger partial charge in [-0.05, 0) is 48.7 Å². The Morgan fingerprint density at radius 2 is 2.04 bits per heavy atom. The van der Waals surface area contributed by atoms with Crippen LogP contribution < -0.4 is 15.0 Å². The summed E-state index contributed by atoms with van der Waals surface area (Å²) < 4.78 is 5.53. The molecule has 2 aromatic carbocycles. The van der Waals surface area contributed by atoms with Crippen molar-refractivity contribution >= 4 is 17.5 Å². The summed E-state index contributed by atoms with van der Waals surface area (Å²) in [4.78, 5) is 26.5. The lowest BCUT2D eigenvalue weighted by Crippen LogP contribution is -2.38. The third-order valence-electron chi connectivity index (χ3n) is 4.65. The molecule has 0 aromatic heterocycles. The molecule has 1 N–H and O–H groups in total. The number of carbonyl (C=O) groups excluding carboxylic acids is 2. The molecule has 1 aliphatic heterocycles. The Hall–Kier alpha value is -2.82. The van der Waals surface area contributed by atoms with Gasteiger partial charge in [-0.2, -0.15) is 0 Å². The number of hydrogen-bond acceptors (Lipinski definition) is 3. The van der Waals surface area contributed by atoms with Gasteiger partial charge in [0, 0.05) is 12.1 Å². The van der Waals surface area contributed by atoms with Crippen LogP contribution in [0.25, 0.3) is 0 Å². The number of fused-ring (bicyclic) bond motifs is 1. The number of nitrogens with zero attached hydrogens (tertiary/aromatic N) is 1. The van der Waals surface area contributed by atoms with E-state index in [9.17, 15) is 9.59 Å². The predicted molar refractivity (Wildman–Crippen MR) is 106 cm³/mol. The Morgan fingerprint density at radius 3 is 2.85 bits per heavy atom. The van der Waals surface area contributed by atoms with Gasteiger partial charge in [0.15, 0.2) is 6.61 Å². The molecule has 2 aromatic rings. The summed E-state index contributed by atoms with van der Waals surface area (Å²) in [6.07, 6.45) is 3.22. The minimum atomic E-state index is -0.0810. The second kappa shape index (κ2) is 8.71. The number of hydrogen-bond donors (Lipinski definition) is 1. The standard InChI is InChI=1S/C22H26N2O3/c1-3-4-5-11-23-22(26)18-8-6-7-17(13-18)14-24-19-12-16(2)9-10-20(19)27-15-21(24)25/h6-10,12-13H,3-5,11,14-15H2,1-2H3,(H,23,26). The first-order valence-corrected chi connectivity index (χ1v) is 9.49. The van der Waals surface area contributed by atoms with E-state index >= 15 is 0 Å². The van der Waals surface area contributed by atoms with Crippen molar-refractivity contribution in [3.05, 3.63) is 59.2 Å². The van der Waals surface area contributed by atoms with Crippen LogP contribution in [0, 0.1) is 6.92 Å². The second-order valence-electron chi connectivity index (χ2n) is 6.90. The molecular formula is C22H26N2O3. The molecule has 1 heterocycles. The van der Waals surface area contributed by atoms with Crippen LogP contribution in [0.3, 0.4) is 0 Å². The van der Waals surface area contributed by atoms with E-state index in [1.54, 1.807) is 11.0 Å². The molecule has 1 aliphatic rings. The Morgan fingerprint density at radius 1 is 1.19 bits per heavy atom. The van der Waals surface area contributed by atoms with Gasteiger partial charge in [0.05, 0.1) is 12.2 Å². The monoisotopic (exact) mass is 366 g/mol. The number of ether oxygens (including phenoxy) is 1. The molecule has 5 nitrogen and oxygen atoms in total. The molecule has 0 saturated heterocycles. The Balaban J connectivity index is 1.74. The first-order chi connectivity index (χ1) is 13.1. The number of nitrogens with one attached hydrogen (secondary N) is 1. The maximum absolute atomic E-state index is 12.4. The van der Waals surface area contributed by atoms with E-state index < -0.39 is 0 Å². The number of rotatable bonds is 7. The van der Waals surface area contributed by atoms with Crippen molar-refractivity contribution in [1.29, 1.82) is 0 Å². The fourth-order valence-electron chi connectivity index (χ4n) is 3.16. The zero-order chi connectivity index (χ0) is 19.2. The third kappa shape index (κ3) is 4.67. The molecular weight excluding hydrogens is 340 g/mol. The number of unbranched alkanes of at least 4 members (excludes halogenated alkanes) is 2. The van der Waals surface area contributed by atoms with Crippen molar-refractivity contribution in [1.82, 2.24) is 5.32 Å². The van der Waals surface area contributed by atoms with Crippen LogP contribution in [0.15, 0.2) is 42.5 Å². The van der Waals surface area contributed by atoms with Crippen molar-refractivity contribution in [3.63, 3.8) is 0 Å². The summed E-state index contributed by atoms with van der Waals surface area (Å²) in [6.45, 7) is 5.26. The predicted octanol–water partition coefficient (Wildman–Crippen LogP) is 3.84. The SMILES string of the molecule is CCCCCNC(=O)c1cccc(CN2C(=O)COc3ccc(C)cc32)c1. The summed E-state index contributed by atoms with van der Waals surface area (Å²) in [5.41, 5.74) is 3.38. The highest BCUT2D eigenvalue weighted by Gasteiger charge is 2.25. The Bertz CT molecular complexity index is 832. The van der Waals surface area contributed by atoms with Crippen LogP contribution in [0.5, 0.6) is 5.75 Å². The first-order valence-electron chi connectivity index (χ1n) is 9.49. The summed E-state index contributed by atoms with van der Waals surface area (Å²) in [7, 11) is 0. The van der Waals surface area contributed by atoms with Crippen LogP contribution in [0.2, 0.25) is 0 Å². The summed E-state index contributed by atoms with van der Waals surface area (Å²) in [6, 6.07) is 13.3. The molecule has 27 heavy (non-hydrogen) atoms. The van der Waals surface area contributed by atoms with Gasteiger partial charge in [-0.1, -0.05) is 38.0 Å². The molecule has 142 valence electrons. The van der Waals surface area contributed by atoms with Crippen molar-refractivity contribution in [2.75, 3.05) is 18.1 Å². The summed E-state index contributed by atoms with van der Waals surface area (Å²) in [5, 5.41) is 2.96. The normalized spacial score (nSPS) is 13.1. The zero-order valence-electron chi connectivity index (χ0n) is 16.0. The summed E-state index contributed by atoms with van der Waals surface area (Å²) in [5.74, 6) is 0.560. The van der Waals surface area contributed by atoms with Gasteiger partial charge in [0.25, 0.3) is 11.8 Å². The lowest BCUT2D eigenvalue weighted by molar-refractivity contribution is -0.121. The molecule has 0 unspecified atom stereocenters. The van der Waals surface area contributed by atoms with E-state index in [1.807, 2.05) is 43.3 Å². The molecule has 0 atom stereocenters. The van der Waals surface area contributed by atoms with Crippen LogP contribution in [-0.2, 0) is 11.3 Å². The van der Waals surface area contributed by atoms with E-state index in [1.165, 1.54) is 0 Å². The minimum Gasteiger partial charge on any atom is -0.482 e. The van der Waals surface area contributed by atoms with Gasteiger partial charge in [-0.3, -0.25) is 9.59 Å². The molecule has 2 amide bonds. The Labute approximate surface area is 160 Å². The number of anilines is 1. The lowest BCUT2D eigenvalue weighted by atomic mass is 10.1. The van der Waals surface area contributed by atoms with Gasteiger partial charge in [0.2, 0.25) is 0 Å². The van der Waals surface area contributed by atoms with Crippen molar-refractivity contribution < 1.29 is 14.3 Å². The third-order valence-corrected chi connectivity index (χ3v) is 4.65. The van der Waals surface area contributed by atoms with Gasteiger partial charge in [-0.15, -0.1) is 0 Å². The molecule has 0 aliphatic carbocycles. The fraction of sp³-hybridized carbons (Fsp3) is 0.364. The number of amides is 2. The van der Waals surface area contributed by atoms with Gasteiger partial charge < -0.3 is 15.0 Å². The second-order valence-corrected chi connectivity index (χ2v) is 6.90. The number of aryl methyl sites for hydroxylation is 1.